The van der Waals surface area contributed by atoms with Crippen LogP contribution in [0.4, 0.5) is 5.13 Å². The summed E-state index contributed by atoms with van der Waals surface area (Å²) in [5.41, 5.74) is 7.40. The molecule has 182 valence electrons. The van der Waals surface area contributed by atoms with Gasteiger partial charge >= 0.3 is 11.8 Å². The van der Waals surface area contributed by atoms with Gasteiger partial charge in [0.1, 0.15) is 10.7 Å². The van der Waals surface area contributed by atoms with Gasteiger partial charge in [-0.1, -0.05) is 89.7 Å². The van der Waals surface area contributed by atoms with Crippen LogP contribution < -0.4 is 10.7 Å². The van der Waals surface area contributed by atoms with Gasteiger partial charge in [0.2, 0.25) is 5.13 Å². The topological polar surface area (TPSA) is 114 Å². The second-order valence-corrected chi connectivity index (χ2v) is 8.99. The first-order chi connectivity index (χ1) is 18.1. The van der Waals surface area contributed by atoms with Gasteiger partial charge < -0.3 is 0 Å². The molecule has 2 aromatic heterocycles. The van der Waals surface area contributed by atoms with Gasteiger partial charge in [-0.15, -0.1) is 10.2 Å². The average Bonchev–Trinajstić information content (AvgIpc) is 3.58. The summed E-state index contributed by atoms with van der Waals surface area (Å²) >= 11 is 1.17. The van der Waals surface area contributed by atoms with Crippen LogP contribution in [0, 0.1) is 6.92 Å². The summed E-state index contributed by atoms with van der Waals surface area (Å²) in [6.07, 6.45) is 3.28. The first-order valence-corrected chi connectivity index (χ1v) is 12.1. The molecule has 9 nitrogen and oxygen atoms in total. The third kappa shape index (κ3) is 5.65. The summed E-state index contributed by atoms with van der Waals surface area (Å²) in [7, 11) is 0. The normalized spacial score (nSPS) is 10.9. The predicted octanol–water partition coefficient (Wildman–Crippen LogP) is 4.46. The van der Waals surface area contributed by atoms with Crippen molar-refractivity contribution in [1.82, 2.24) is 25.4 Å². The van der Waals surface area contributed by atoms with Crippen molar-refractivity contribution in [2.45, 2.75) is 6.92 Å². The third-order valence-electron chi connectivity index (χ3n) is 5.33. The quantitative estimate of drug-likeness (QED) is 0.200. The minimum Gasteiger partial charge on any atom is -0.292 e. The minimum absolute atomic E-state index is 0.216. The lowest BCUT2D eigenvalue weighted by Gasteiger charge is -2.01. The fourth-order valence-electron chi connectivity index (χ4n) is 3.47. The number of carbonyl (C=O) groups excluding carboxylic acids is 2. The maximum Gasteiger partial charge on any atom is 0.329 e. The molecule has 0 spiro atoms. The summed E-state index contributed by atoms with van der Waals surface area (Å²) in [5.74, 6) is -1.83. The maximum absolute atomic E-state index is 12.3. The van der Waals surface area contributed by atoms with Crippen LogP contribution >= 0.6 is 11.3 Å². The van der Waals surface area contributed by atoms with E-state index in [4.69, 9.17) is 5.10 Å². The summed E-state index contributed by atoms with van der Waals surface area (Å²) < 4.78 is 1.74. The van der Waals surface area contributed by atoms with E-state index >= 15 is 0 Å². The molecule has 0 bridgehead atoms. The Hall–Kier alpha value is -4.96. The Morgan fingerprint density at radius 2 is 1.57 bits per heavy atom. The highest BCUT2D eigenvalue weighted by Gasteiger charge is 2.17. The zero-order valence-electron chi connectivity index (χ0n) is 19.7. The number of aromatic nitrogens is 4. The highest BCUT2D eigenvalue weighted by molar-refractivity contribution is 7.18. The van der Waals surface area contributed by atoms with Crippen molar-refractivity contribution < 1.29 is 9.59 Å². The number of benzene rings is 3. The van der Waals surface area contributed by atoms with E-state index in [0.29, 0.717) is 16.3 Å². The van der Waals surface area contributed by atoms with E-state index in [0.717, 1.165) is 22.4 Å². The van der Waals surface area contributed by atoms with Crippen molar-refractivity contribution in [2.24, 2.45) is 5.10 Å². The van der Waals surface area contributed by atoms with E-state index in [1.54, 1.807) is 4.68 Å². The molecule has 0 saturated carbocycles. The molecular weight excluding hydrogens is 486 g/mol. The van der Waals surface area contributed by atoms with E-state index in [2.05, 4.69) is 26.0 Å². The van der Waals surface area contributed by atoms with Crippen molar-refractivity contribution in [3.8, 4) is 27.5 Å². The number of rotatable bonds is 6. The van der Waals surface area contributed by atoms with Crippen LogP contribution in [-0.4, -0.2) is 38.0 Å². The average molecular weight is 508 g/mol. The van der Waals surface area contributed by atoms with E-state index in [-0.39, 0.29) is 5.13 Å². The molecule has 0 aliphatic rings. The molecule has 0 fully saturated rings. The van der Waals surface area contributed by atoms with Crippen LogP contribution in [0.25, 0.3) is 27.5 Å². The van der Waals surface area contributed by atoms with Crippen molar-refractivity contribution in [2.75, 3.05) is 5.32 Å². The Morgan fingerprint density at radius 3 is 2.30 bits per heavy atom. The largest absolute Gasteiger partial charge is 0.329 e. The molecule has 3 aromatic carbocycles. The fraction of sp³-hybridized carbons (Fsp3) is 0.0370. The summed E-state index contributed by atoms with van der Waals surface area (Å²) in [6.45, 7) is 2.01. The van der Waals surface area contributed by atoms with Gasteiger partial charge in [0, 0.05) is 22.9 Å². The van der Waals surface area contributed by atoms with Gasteiger partial charge in [-0.2, -0.15) is 10.2 Å². The first-order valence-electron chi connectivity index (χ1n) is 11.3. The Morgan fingerprint density at radius 1 is 0.865 bits per heavy atom. The summed E-state index contributed by atoms with van der Waals surface area (Å²) in [5, 5.41) is 20.0. The number of para-hydroxylation sites is 1. The molecule has 2 N–H and O–H groups in total. The third-order valence-corrected chi connectivity index (χ3v) is 6.22. The van der Waals surface area contributed by atoms with E-state index < -0.39 is 11.8 Å². The minimum atomic E-state index is -0.931. The van der Waals surface area contributed by atoms with Crippen LogP contribution in [0.5, 0.6) is 0 Å². The molecule has 0 aliphatic carbocycles. The molecule has 0 unspecified atom stereocenters. The van der Waals surface area contributed by atoms with Crippen LogP contribution in [0.1, 0.15) is 11.1 Å². The molecule has 5 rings (SSSR count). The number of hydrogen-bond donors (Lipinski definition) is 2. The fourth-order valence-corrected chi connectivity index (χ4v) is 4.21. The Bertz CT molecular complexity index is 1560. The number of carbonyl (C=O) groups is 2. The molecular formula is C27H21N7O2S. The SMILES string of the molecule is Cc1ccc(-c2nn(-c3ccccc3)cc2C=NNC(=O)C(=O)Nc2nnc(-c3ccccc3)s2)cc1. The van der Waals surface area contributed by atoms with Crippen LogP contribution in [0.2, 0.25) is 0 Å². The molecule has 10 heteroatoms. The standard InChI is InChI=1S/C27H21N7O2S/c1-18-12-14-19(15-13-18)23-21(17-34(33-23)22-10-6-3-7-11-22)16-28-30-25(36)24(35)29-27-32-31-26(37-27)20-8-4-2-5-9-20/h2-17H,1H3,(H,30,36)(H,29,32,35). The summed E-state index contributed by atoms with van der Waals surface area (Å²) in [4.78, 5) is 24.7. The summed E-state index contributed by atoms with van der Waals surface area (Å²) in [6, 6.07) is 27.1. The lowest BCUT2D eigenvalue weighted by atomic mass is 10.1. The van der Waals surface area contributed by atoms with Crippen LogP contribution in [0.3, 0.4) is 0 Å². The number of nitrogens with one attached hydrogen (secondary N) is 2. The number of hydrogen-bond acceptors (Lipinski definition) is 7. The number of amides is 2. The van der Waals surface area contributed by atoms with Gasteiger partial charge in [-0.05, 0) is 19.1 Å². The van der Waals surface area contributed by atoms with Crippen molar-refractivity contribution in [3.05, 3.63) is 102 Å². The molecule has 0 saturated heterocycles. The van der Waals surface area contributed by atoms with Gasteiger partial charge in [0.05, 0.1) is 11.9 Å². The van der Waals surface area contributed by atoms with Crippen molar-refractivity contribution >= 4 is 34.5 Å². The molecule has 0 radical (unpaired) electrons. The van der Waals surface area contributed by atoms with Gasteiger partial charge in [0.25, 0.3) is 0 Å². The highest BCUT2D eigenvalue weighted by atomic mass is 32.1. The maximum atomic E-state index is 12.3. The Kier molecular flexibility index (Phi) is 6.91. The monoisotopic (exact) mass is 507 g/mol. The second-order valence-electron chi connectivity index (χ2n) is 8.01. The zero-order valence-corrected chi connectivity index (χ0v) is 20.5. The number of nitrogens with zero attached hydrogens (tertiary/aromatic N) is 5. The number of aryl methyl sites for hydroxylation is 1. The van der Waals surface area contributed by atoms with Crippen LogP contribution in [-0.2, 0) is 9.59 Å². The first kappa shape index (κ1) is 23.8. The highest BCUT2D eigenvalue weighted by Crippen LogP contribution is 2.26. The van der Waals surface area contributed by atoms with Gasteiger partial charge in [0.15, 0.2) is 0 Å². The lowest BCUT2D eigenvalue weighted by Crippen LogP contribution is -2.32. The molecule has 5 aromatic rings. The predicted molar refractivity (Wildman–Crippen MR) is 143 cm³/mol. The number of anilines is 1. The van der Waals surface area contributed by atoms with Gasteiger partial charge in [-0.3, -0.25) is 14.9 Å². The number of hydrazone groups is 1. The Balaban J connectivity index is 1.29. The molecule has 37 heavy (non-hydrogen) atoms. The molecule has 0 atom stereocenters. The smallest absolute Gasteiger partial charge is 0.292 e. The van der Waals surface area contributed by atoms with E-state index in [1.807, 2.05) is 98.0 Å². The zero-order chi connectivity index (χ0) is 25.6. The molecule has 2 amide bonds. The van der Waals surface area contributed by atoms with Gasteiger partial charge in [-0.25, -0.2) is 10.1 Å². The second kappa shape index (κ2) is 10.8. The molecule has 2 heterocycles. The van der Waals surface area contributed by atoms with E-state index in [9.17, 15) is 9.59 Å². The molecule has 0 aliphatic heterocycles. The van der Waals surface area contributed by atoms with Crippen molar-refractivity contribution in [3.63, 3.8) is 0 Å². The lowest BCUT2D eigenvalue weighted by molar-refractivity contribution is -0.136. The van der Waals surface area contributed by atoms with Crippen LogP contribution in [0.15, 0.2) is 96.2 Å². The Labute approximate surface area is 216 Å². The van der Waals surface area contributed by atoms with E-state index in [1.165, 1.54) is 17.6 Å². The van der Waals surface area contributed by atoms with Crippen molar-refractivity contribution in [1.29, 1.82) is 0 Å².